The van der Waals surface area contributed by atoms with E-state index >= 15 is 0 Å². The summed E-state index contributed by atoms with van der Waals surface area (Å²) in [6, 6.07) is -1.41. The summed E-state index contributed by atoms with van der Waals surface area (Å²) in [5.41, 5.74) is -0.814. The van der Waals surface area contributed by atoms with Crippen LogP contribution < -0.4 is 0 Å². The molecule has 0 aromatic carbocycles. The number of morpholine rings is 1. The van der Waals surface area contributed by atoms with Gasteiger partial charge in [-0.15, -0.1) is 0 Å². The fourth-order valence-corrected chi connectivity index (χ4v) is 1.47. The zero-order chi connectivity index (χ0) is 13.3. The molecule has 0 aromatic rings. The van der Waals surface area contributed by atoms with Crippen LogP contribution in [-0.2, 0) is 14.3 Å². The monoisotopic (exact) mass is 255 g/mol. The van der Waals surface area contributed by atoms with E-state index in [9.17, 15) is 18.0 Å². The number of alkyl halides is 3. The van der Waals surface area contributed by atoms with Crippen molar-refractivity contribution in [3.05, 3.63) is 0 Å². The summed E-state index contributed by atoms with van der Waals surface area (Å²) < 4.78 is 47.8. The maximum Gasteiger partial charge on any atom is 0.460 e. The van der Waals surface area contributed by atoms with Gasteiger partial charge in [-0.25, -0.2) is 0 Å². The summed E-state index contributed by atoms with van der Waals surface area (Å²) in [6.45, 7) is 4.12. The van der Waals surface area contributed by atoms with Crippen molar-refractivity contribution in [1.82, 2.24) is 4.90 Å². The Labute approximate surface area is 97.7 Å². The first kappa shape index (κ1) is 14.2. The molecule has 0 aromatic heterocycles. The van der Waals surface area contributed by atoms with Crippen molar-refractivity contribution in [2.75, 3.05) is 19.8 Å². The van der Waals surface area contributed by atoms with Gasteiger partial charge in [-0.05, 0) is 20.8 Å². The van der Waals surface area contributed by atoms with E-state index in [1.165, 1.54) is 0 Å². The number of ether oxygens (including phenoxy) is 2. The predicted octanol–water partition coefficient (Wildman–Crippen LogP) is 1.55. The molecular formula is C10H16F3NO3. The van der Waals surface area contributed by atoms with Crippen LogP contribution in [0.5, 0.6) is 0 Å². The van der Waals surface area contributed by atoms with Crippen LogP contribution >= 0.6 is 0 Å². The highest BCUT2D eigenvalue weighted by Crippen LogP contribution is 2.27. The molecule has 0 N–H and O–H groups in total. The number of hydrogen-bond donors (Lipinski definition) is 0. The van der Waals surface area contributed by atoms with Crippen LogP contribution in [0.15, 0.2) is 0 Å². The van der Waals surface area contributed by atoms with Crippen LogP contribution in [0.25, 0.3) is 0 Å². The zero-order valence-corrected chi connectivity index (χ0v) is 10.0. The minimum absolute atomic E-state index is 0.0428. The fraction of sp³-hybridized carbons (Fsp3) is 0.900. The minimum atomic E-state index is -4.55. The fourth-order valence-electron chi connectivity index (χ4n) is 1.47. The van der Waals surface area contributed by atoms with Gasteiger partial charge < -0.3 is 9.47 Å². The topological polar surface area (TPSA) is 38.8 Å². The number of esters is 1. The lowest BCUT2D eigenvalue weighted by molar-refractivity contribution is -0.277. The molecule has 1 aliphatic heterocycles. The van der Waals surface area contributed by atoms with Crippen LogP contribution in [0.4, 0.5) is 13.2 Å². The second-order valence-electron chi connectivity index (χ2n) is 4.79. The molecule has 1 rings (SSSR count). The number of hydrogen-bond acceptors (Lipinski definition) is 4. The number of halogens is 3. The van der Waals surface area contributed by atoms with Crippen molar-refractivity contribution in [2.24, 2.45) is 0 Å². The highest BCUT2D eigenvalue weighted by molar-refractivity contribution is 5.76. The van der Waals surface area contributed by atoms with Crippen molar-refractivity contribution >= 4 is 5.97 Å². The molecule has 1 aliphatic rings. The van der Waals surface area contributed by atoms with Gasteiger partial charge >= 0.3 is 12.3 Å². The SMILES string of the molecule is CC(C)(C)OC(=O)C1COCCN1C(F)(F)F. The lowest BCUT2D eigenvalue weighted by Gasteiger charge is -2.36. The smallest absolute Gasteiger partial charge is 0.459 e. The Kier molecular flexibility index (Phi) is 4.03. The third-order valence-electron chi connectivity index (χ3n) is 2.13. The molecule has 0 aliphatic carbocycles. The zero-order valence-electron chi connectivity index (χ0n) is 10.0. The maximum atomic E-state index is 12.6. The normalized spacial score (nSPS) is 23.5. The van der Waals surface area contributed by atoms with Gasteiger partial charge in [0.25, 0.3) is 0 Å². The average Bonchev–Trinajstić information content (AvgIpc) is 2.13. The third-order valence-corrected chi connectivity index (χ3v) is 2.13. The first-order valence-corrected chi connectivity index (χ1v) is 5.25. The molecule has 7 heteroatoms. The van der Waals surface area contributed by atoms with E-state index in [0.29, 0.717) is 0 Å². The third kappa shape index (κ3) is 4.16. The molecular weight excluding hydrogens is 239 g/mol. The highest BCUT2D eigenvalue weighted by atomic mass is 19.4. The van der Waals surface area contributed by atoms with Gasteiger partial charge in [0.05, 0.1) is 13.2 Å². The molecule has 1 unspecified atom stereocenters. The summed E-state index contributed by atoms with van der Waals surface area (Å²) >= 11 is 0. The molecule has 17 heavy (non-hydrogen) atoms. The average molecular weight is 255 g/mol. The van der Waals surface area contributed by atoms with Crippen molar-refractivity contribution in [2.45, 2.75) is 38.7 Å². The Bertz CT molecular complexity index is 286. The molecule has 0 saturated carbocycles. The largest absolute Gasteiger partial charge is 0.460 e. The van der Waals surface area contributed by atoms with E-state index in [0.717, 1.165) is 0 Å². The Hall–Kier alpha value is -0.820. The molecule has 0 spiro atoms. The molecule has 1 heterocycles. The van der Waals surface area contributed by atoms with Gasteiger partial charge in [0.1, 0.15) is 11.6 Å². The molecule has 0 radical (unpaired) electrons. The Morgan fingerprint density at radius 2 is 1.94 bits per heavy atom. The summed E-state index contributed by atoms with van der Waals surface area (Å²) in [5.74, 6) is -0.908. The van der Waals surface area contributed by atoms with Gasteiger partial charge in [0.2, 0.25) is 0 Å². The molecule has 1 saturated heterocycles. The molecule has 100 valence electrons. The van der Waals surface area contributed by atoms with Gasteiger partial charge in [0.15, 0.2) is 0 Å². The number of carbonyl (C=O) groups excluding carboxylic acids is 1. The number of rotatable bonds is 1. The summed E-state index contributed by atoms with van der Waals surface area (Å²) in [5, 5.41) is 0. The highest BCUT2D eigenvalue weighted by Gasteiger charge is 2.47. The van der Waals surface area contributed by atoms with E-state index in [2.05, 4.69) is 0 Å². The second kappa shape index (κ2) is 4.81. The van der Waals surface area contributed by atoms with Crippen LogP contribution in [0.2, 0.25) is 0 Å². The van der Waals surface area contributed by atoms with Gasteiger partial charge in [-0.2, -0.15) is 18.1 Å². The van der Waals surface area contributed by atoms with Crippen molar-refractivity contribution in [3.8, 4) is 0 Å². The van der Waals surface area contributed by atoms with E-state index in [1.807, 2.05) is 0 Å². The van der Waals surface area contributed by atoms with Crippen LogP contribution in [0.3, 0.4) is 0 Å². The van der Waals surface area contributed by atoms with E-state index in [4.69, 9.17) is 9.47 Å². The van der Waals surface area contributed by atoms with E-state index in [-0.39, 0.29) is 24.7 Å². The second-order valence-corrected chi connectivity index (χ2v) is 4.79. The van der Waals surface area contributed by atoms with Crippen LogP contribution in [-0.4, -0.2) is 48.6 Å². The first-order chi connectivity index (χ1) is 7.61. The lowest BCUT2D eigenvalue weighted by atomic mass is 10.2. The van der Waals surface area contributed by atoms with Crippen LogP contribution in [0, 0.1) is 0 Å². The Morgan fingerprint density at radius 3 is 2.41 bits per heavy atom. The van der Waals surface area contributed by atoms with Gasteiger partial charge in [0, 0.05) is 6.54 Å². The van der Waals surface area contributed by atoms with Gasteiger partial charge in [-0.1, -0.05) is 0 Å². The van der Waals surface area contributed by atoms with E-state index in [1.54, 1.807) is 20.8 Å². The maximum absolute atomic E-state index is 12.6. The number of carbonyl (C=O) groups is 1. The Balaban J connectivity index is 2.75. The quantitative estimate of drug-likeness (QED) is 0.526. The van der Waals surface area contributed by atoms with Crippen molar-refractivity contribution in [1.29, 1.82) is 0 Å². The molecule has 1 atom stereocenters. The van der Waals surface area contributed by atoms with Crippen LogP contribution in [0.1, 0.15) is 20.8 Å². The minimum Gasteiger partial charge on any atom is -0.459 e. The molecule has 0 bridgehead atoms. The number of nitrogens with zero attached hydrogens (tertiary/aromatic N) is 1. The first-order valence-electron chi connectivity index (χ1n) is 5.25. The standard InChI is InChI=1S/C10H16F3NO3/c1-9(2,3)17-8(15)7-6-16-5-4-14(7)10(11,12)13/h7H,4-6H2,1-3H3. The summed E-state index contributed by atoms with van der Waals surface area (Å²) in [7, 11) is 0. The van der Waals surface area contributed by atoms with Crippen molar-refractivity contribution < 1.29 is 27.4 Å². The Morgan fingerprint density at radius 1 is 1.35 bits per heavy atom. The molecule has 1 fully saturated rings. The van der Waals surface area contributed by atoms with E-state index < -0.39 is 23.9 Å². The van der Waals surface area contributed by atoms with Gasteiger partial charge in [-0.3, -0.25) is 4.79 Å². The molecule has 4 nitrogen and oxygen atoms in total. The summed E-state index contributed by atoms with van der Waals surface area (Å²) in [6.07, 6.45) is -4.55. The molecule has 0 amide bonds. The lowest BCUT2D eigenvalue weighted by Crippen LogP contribution is -2.57. The summed E-state index contributed by atoms with van der Waals surface area (Å²) in [4.78, 5) is 11.8. The predicted molar refractivity (Wildman–Crippen MR) is 53.2 cm³/mol. The van der Waals surface area contributed by atoms with Crippen molar-refractivity contribution in [3.63, 3.8) is 0 Å².